The van der Waals surface area contributed by atoms with E-state index in [1.54, 1.807) is 30.3 Å². The molecule has 44 heavy (non-hydrogen) atoms. The zero-order chi connectivity index (χ0) is 32.0. The van der Waals surface area contributed by atoms with E-state index in [0.717, 1.165) is 24.2 Å². The summed E-state index contributed by atoms with van der Waals surface area (Å²) < 4.78 is 17.2. The van der Waals surface area contributed by atoms with Gasteiger partial charge in [-0.3, -0.25) is 14.4 Å². The molecule has 0 bridgehead atoms. The van der Waals surface area contributed by atoms with Crippen LogP contribution in [0.15, 0.2) is 58.9 Å². The van der Waals surface area contributed by atoms with Crippen molar-refractivity contribution >= 4 is 34.8 Å². The van der Waals surface area contributed by atoms with Gasteiger partial charge in [0.2, 0.25) is 0 Å². The van der Waals surface area contributed by atoms with Crippen molar-refractivity contribution in [1.82, 2.24) is 4.90 Å². The van der Waals surface area contributed by atoms with Gasteiger partial charge in [0.1, 0.15) is 5.75 Å². The van der Waals surface area contributed by atoms with Crippen molar-refractivity contribution in [2.24, 2.45) is 10.8 Å². The lowest BCUT2D eigenvalue weighted by Crippen LogP contribution is -2.43. The second-order valence-electron chi connectivity index (χ2n) is 13.4. The Morgan fingerprint density at radius 2 is 1.52 bits per heavy atom. The summed E-state index contributed by atoms with van der Waals surface area (Å²) in [5, 5.41) is 3.02. The van der Waals surface area contributed by atoms with Gasteiger partial charge in [0.15, 0.2) is 29.7 Å². The van der Waals surface area contributed by atoms with Gasteiger partial charge in [0.05, 0.1) is 24.4 Å². The number of rotatable bonds is 8. The molecule has 0 aromatic heterocycles. The molecule has 3 aliphatic rings. The Bertz CT molecular complexity index is 1530. The minimum atomic E-state index is -0.567. The number of carbonyl (C=O) groups is 3. The van der Waals surface area contributed by atoms with Crippen LogP contribution in [-0.2, 0) is 14.4 Å². The smallest absolute Gasteiger partial charge is 0.262 e. The van der Waals surface area contributed by atoms with Crippen molar-refractivity contribution in [2.45, 2.75) is 66.2 Å². The first-order valence-electron chi connectivity index (χ1n) is 15.0. The van der Waals surface area contributed by atoms with E-state index < -0.39 is 11.8 Å². The molecule has 2 aromatic rings. The van der Waals surface area contributed by atoms with Crippen LogP contribution in [-0.4, -0.2) is 49.7 Å². The van der Waals surface area contributed by atoms with Crippen molar-refractivity contribution in [3.8, 4) is 17.2 Å². The fourth-order valence-electron chi connectivity index (χ4n) is 6.73. The number of benzene rings is 2. The number of nitrogens with zero attached hydrogens (tertiary/aromatic N) is 1. The van der Waals surface area contributed by atoms with Crippen LogP contribution in [0.3, 0.4) is 0 Å². The molecule has 0 atom stereocenters. The minimum absolute atomic E-state index is 0.0414. The number of hydrogen-bond acceptors (Lipinski definition) is 7. The highest BCUT2D eigenvalue weighted by molar-refractivity contribution is 6.32. The first-order chi connectivity index (χ1) is 20.7. The summed E-state index contributed by atoms with van der Waals surface area (Å²) in [5.41, 5.74) is 4.05. The van der Waals surface area contributed by atoms with Crippen LogP contribution in [0.4, 0.5) is 5.69 Å². The molecular weight excluding hydrogens is 580 g/mol. The van der Waals surface area contributed by atoms with Gasteiger partial charge >= 0.3 is 0 Å². The summed E-state index contributed by atoms with van der Waals surface area (Å²) in [6.07, 6.45) is 2.24. The number of nitrogens with one attached hydrogen (secondary N) is 1. The highest BCUT2D eigenvalue weighted by Crippen LogP contribution is 2.55. The second-order valence-corrected chi connectivity index (χ2v) is 13.8. The number of ketones is 2. The normalized spacial score (nSPS) is 19.4. The summed E-state index contributed by atoms with van der Waals surface area (Å²) in [7, 11) is 3.51. The summed E-state index contributed by atoms with van der Waals surface area (Å²) in [6.45, 7) is 10.3. The second kappa shape index (κ2) is 12.0. The van der Waals surface area contributed by atoms with Crippen molar-refractivity contribution in [3.05, 3.63) is 69.5 Å². The number of Topliss-reactive ketones (excluding diaryl/α,β-unsaturated/α-hetero) is 2. The molecule has 8 nitrogen and oxygen atoms in total. The summed E-state index contributed by atoms with van der Waals surface area (Å²) in [4.78, 5) is 42.6. The zero-order valence-corrected chi connectivity index (χ0v) is 27.3. The molecular formula is C35H41ClN2O6. The van der Waals surface area contributed by atoms with Crippen LogP contribution in [0.5, 0.6) is 17.2 Å². The van der Waals surface area contributed by atoms with Crippen LogP contribution in [0.25, 0.3) is 0 Å². The highest BCUT2D eigenvalue weighted by atomic mass is 35.5. The third-order valence-electron chi connectivity index (χ3n) is 8.57. The van der Waals surface area contributed by atoms with E-state index in [9.17, 15) is 14.4 Å². The average Bonchev–Trinajstić information content (AvgIpc) is 2.93. The van der Waals surface area contributed by atoms with E-state index in [0.29, 0.717) is 53.3 Å². The Hall–Kier alpha value is -3.78. The molecule has 0 spiro atoms. The third-order valence-corrected chi connectivity index (χ3v) is 8.85. The van der Waals surface area contributed by atoms with Crippen molar-refractivity contribution in [3.63, 3.8) is 0 Å². The Balaban J connectivity index is 1.54. The fraction of sp³-hybridized carbons (Fsp3) is 0.457. The summed E-state index contributed by atoms with van der Waals surface area (Å²) in [6, 6.07) is 10.6. The van der Waals surface area contributed by atoms with Gasteiger partial charge in [0.25, 0.3) is 5.91 Å². The molecule has 1 heterocycles. The van der Waals surface area contributed by atoms with Crippen LogP contribution in [0.2, 0.25) is 5.02 Å². The van der Waals surface area contributed by atoms with Gasteiger partial charge in [-0.2, -0.15) is 0 Å². The molecule has 1 amide bonds. The predicted molar refractivity (Wildman–Crippen MR) is 170 cm³/mol. The van der Waals surface area contributed by atoms with E-state index in [2.05, 4.69) is 37.9 Å². The van der Waals surface area contributed by atoms with Gasteiger partial charge in [-0.15, -0.1) is 0 Å². The van der Waals surface area contributed by atoms with E-state index in [1.807, 2.05) is 20.0 Å². The number of amides is 1. The lowest BCUT2D eigenvalue weighted by atomic mass is 9.63. The van der Waals surface area contributed by atoms with Gasteiger partial charge in [-0.1, -0.05) is 51.4 Å². The van der Waals surface area contributed by atoms with E-state index in [4.69, 9.17) is 25.8 Å². The van der Waals surface area contributed by atoms with Crippen molar-refractivity contribution in [2.75, 3.05) is 32.7 Å². The van der Waals surface area contributed by atoms with E-state index >= 15 is 0 Å². The van der Waals surface area contributed by atoms with E-state index in [1.165, 1.54) is 7.11 Å². The molecule has 234 valence electrons. The molecule has 1 N–H and O–H groups in total. The topological polar surface area (TPSA) is 94.2 Å². The number of methoxy groups -OCH3 is 1. The maximum Gasteiger partial charge on any atom is 0.262 e. The maximum absolute atomic E-state index is 13.9. The Morgan fingerprint density at radius 1 is 0.932 bits per heavy atom. The van der Waals surface area contributed by atoms with Gasteiger partial charge in [0, 0.05) is 48.3 Å². The Labute approximate surface area is 264 Å². The molecule has 0 saturated carbocycles. The molecule has 5 rings (SSSR count). The number of ether oxygens (including phenoxy) is 3. The quantitative estimate of drug-likeness (QED) is 0.337. The fourth-order valence-corrected chi connectivity index (χ4v) is 7.00. The molecule has 0 radical (unpaired) electrons. The minimum Gasteiger partial charge on any atom is -0.495 e. The number of para-hydroxylation sites is 2. The molecule has 0 unspecified atom stereocenters. The molecule has 2 aliphatic carbocycles. The number of anilines is 1. The molecule has 2 aromatic carbocycles. The van der Waals surface area contributed by atoms with Gasteiger partial charge < -0.3 is 24.4 Å². The maximum atomic E-state index is 13.9. The SMILES string of the molecule is CCOc1cc(C2C3=C(CC(C)(C)CC3=O)N(C)C3=C2C(=O)CC(C)(C)C3)cc(Cl)c1OCC(=O)Nc1ccccc1OC. The average molecular weight is 621 g/mol. The summed E-state index contributed by atoms with van der Waals surface area (Å²) in [5.74, 6) is 0.205. The van der Waals surface area contributed by atoms with Crippen LogP contribution < -0.4 is 19.5 Å². The largest absolute Gasteiger partial charge is 0.495 e. The lowest BCUT2D eigenvalue weighted by molar-refractivity contribution is -0.120. The first-order valence-corrected chi connectivity index (χ1v) is 15.4. The lowest BCUT2D eigenvalue weighted by Gasteiger charge is -2.48. The molecule has 1 aliphatic heterocycles. The van der Waals surface area contributed by atoms with Crippen LogP contribution in [0, 0.1) is 10.8 Å². The zero-order valence-electron chi connectivity index (χ0n) is 26.6. The summed E-state index contributed by atoms with van der Waals surface area (Å²) >= 11 is 6.85. The number of carbonyl (C=O) groups excluding carboxylic acids is 3. The third kappa shape index (κ3) is 6.09. The molecule has 0 saturated heterocycles. The highest BCUT2D eigenvalue weighted by Gasteiger charge is 2.48. The van der Waals surface area contributed by atoms with E-state index in [-0.39, 0.29) is 39.8 Å². The molecule has 9 heteroatoms. The number of hydrogen-bond donors (Lipinski definition) is 1. The van der Waals surface area contributed by atoms with Crippen molar-refractivity contribution in [1.29, 1.82) is 0 Å². The number of halogens is 1. The monoisotopic (exact) mass is 620 g/mol. The van der Waals surface area contributed by atoms with Gasteiger partial charge in [-0.05, 0) is 60.4 Å². The molecule has 0 fully saturated rings. The van der Waals surface area contributed by atoms with Gasteiger partial charge in [-0.25, -0.2) is 0 Å². The first kappa shape index (κ1) is 31.6. The predicted octanol–water partition coefficient (Wildman–Crippen LogP) is 7.08. The van der Waals surface area contributed by atoms with Crippen LogP contribution in [0.1, 0.15) is 71.8 Å². The van der Waals surface area contributed by atoms with Crippen LogP contribution >= 0.6 is 11.6 Å². The number of allylic oxidation sites excluding steroid dienone is 4. The Morgan fingerprint density at radius 3 is 2.09 bits per heavy atom. The van der Waals surface area contributed by atoms with Crippen molar-refractivity contribution < 1.29 is 28.6 Å². The standard InChI is InChI=1S/C35H41ClN2O6/c1-8-43-28-14-20(13-21(36)33(28)44-19-29(41)37-22-11-9-10-12-27(22)42-7)30-31-23(15-34(2,3)17-25(31)39)38(6)24-16-35(4,5)18-26(40)32(24)30/h9-14,30H,8,15-19H2,1-7H3,(H,37,41). The Kier molecular flexibility index (Phi) is 8.60.